The molecule has 3 rings (SSSR count). The topological polar surface area (TPSA) is 55.3 Å². The molecule has 1 fully saturated rings. The van der Waals surface area contributed by atoms with Gasteiger partial charge in [0, 0.05) is 26.7 Å². The number of nitrogens with zero attached hydrogens (tertiary/aromatic N) is 2. The van der Waals surface area contributed by atoms with Gasteiger partial charge in [0.25, 0.3) is 0 Å². The standard InChI is InChI=1S/C23H31N3O3.HI/c1-24-23(26-11-10-18(16-26)12-17-8-6-5-7-9-17)25-15-19-13-20(27-2)22(29-4)21(14-19)28-3;/h5-9,13-14,18H,10-12,15-16H2,1-4H3,(H,24,25);1H. The van der Waals surface area contributed by atoms with Gasteiger partial charge in [0.1, 0.15) is 0 Å². The van der Waals surface area contributed by atoms with Crippen LogP contribution in [0.25, 0.3) is 0 Å². The van der Waals surface area contributed by atoms with Gasteiger partial charge in [-0.2, -0.15) is 0 Å². The van der Waals surface area contributed by atoms with Gasteiger partial charge in [-0.3, -0.25) is 4.99 Å². The molecule has 0 amide bonds. The minimum absolute atomic E-state index is 0. The van der Waals surface area contributed by atoms with Gasteiger partial charge in [0.15, 0.2) is 17.5 Å². The summed E-state index contributed by atoms with van der Waals surface area (Å²) in [6, 6.07) is 14.6. The van der Waals surface area contributed by atoms with Crippen molar-refractivity contribution in [3.8, 4) is 17.2 Å². The summed E-state index contributed by atoms with van der Waals surface area (Å²) in [5.74, 6) is 3.49. The Hall–Kier alpha value is -2.16. The Morgan fingerprint density at radius 3 is 2.27 bits per heavy atom. The summed E-state index contributed by atoms with van der Waals surface area (Å²) in [7, 11) is 6.70. The Morgan fingerprint density at radius 2 is 1.70 bits per heavy atom. The molecule has 30 heavy (non-hydrogen) atoms. The highest BCUT2D eigenvalue weighted by atomic mass is 127. The van der Waals surface area contributed by atoms with Crippen LogP contribution in [0.2, 0.25) is 0 Å². The first-order valence-electron chi connectivity index (χ1n) is 9.96. The number of rotatable bonds is 7. The highest BCUT2D eigenvalue weighted by molar-refractivity contribution is 14.0. The predicted octanol–water partition coefficient (Wildman–Crippen LogP) is 3.97. The lowest BCUT2D eigenvalue weighted by Gasteiger charge is -2.22. The Bertz CT molecular complexity index is 805. The number of benzene rings is 2. The summed E-state index contributed by atoms with van der Waals surface area (Å²) in [5, 5.41) is 3.48. The summed E-state index contributed by atoms with van der Waals surface area (Å²) >= 11 is 0. The van der Waals surface area contributed by atoms with E-state index in [4.69, 9.17) is 14.2 Å². The molecule has 7 heteroatoms. The molecule has 1 aliphatic rings. The summed E-state index contributed by atoms with van der Waals surface area (Å²) in [6.07, 6.45) is 2.29. The molecule has 1 heterocycles. The first kappa shape index (κ1) is 24.1. The predicted molar refractivity (Wildman–Crippen MR) is 132 cm³/mol. The second-order valence-electron chi connectivity index (χ2n) is 7.22. The van der Waals surface area contributed by atoms with Crippen LogP contribution in [0.15, 0.2) is 47.5 Å². The molecule has 0 aliphatic carbocycles. The number of hydrogen-bond donors (Lipinski definition) is 1. The molecule has 2 aromatic carbocycles. The summed E-state index contributed by atoms with van der Waals surface area (Å²) < 4.78 is 16.3. The van der Waals surface area contributed by atoms with E-state index in [-0.39, 0.29) is 24.0 Å². The molecule has 0 spiro atoms. The largest absolute Gasteiger partial charge is 0.493 e. The summed E-state index contributed by atoms with van der Waals surface area (Å²) in [4.78, 5) is 6.83. The van der Waals surface area contributed by atoms with Crippen LogP contribution in [0.3, 0.4) is 0 Å². The highest BCUT2D eigenvalue weighted by Crippen LogP contribution is 2.38. The molecule has 1 unspecified atom stereocenters. The molecule has 1 N–H and O–H groups in total. The number of halogens is 1. The molecular formula is C23H32IN3O3. The van der Waals surface area contributed by atoms with Crippen molar-refractivity contribution in [1.29, 1.82) is 0 Å². The molecule has 6 nitrogen and oxygen atoms in total. The molecule has 164 valence electrons. The Balaban J connectivity index is 0.00000320. The van der Waals surface area contributed by atoms with Crippen LogP contribution in [-0.2, 0) is 13.0 Å². The van der Waals surface area contributed by atoms with E-state index >= 15 is 0 Å². The van der Waals surface area contributed by atoms with Crippen molar-refractivity contribution in [2.24, 2.45) is 10.9 Å². The highest BCUT2D eigenvalue weighted by Gasteiger charge is 2.25. The quantitative estimate of drug-likeness (QED) is 0.337. The molecule has 1 aliphatic heterocycles. The number of likely N-dealkylation sites (tertiary alicyclic amines) is 1. The smallest absolute Gasteiger partial charge is 0.203 e. The second-order valence-corrected chi connectivity index (χ2v) is 7.22. The lowest BCUT2D eigenvalue weighted by Crippen LogP contribution is -2.39. The monoisotopic (exact) mass is 525 g/mol. The van der Waals surface area contributed by atoms with Crippen LogP contribution in [0, 0.1) is 5.92 Å². The van der Waals surface area contributed by atoms with E-state index in [1.807, 2.05) is 19.2 Å². The number of ether oxygens (including phenoxy) is 3. The van der Waals surface area contributed by atoms with Crippen molar-refractivity contribution in [2.45, 2.75) is 19.4 Å². The van der Waals surface area contributed by atoms with E-state index in [1.54, 1.807) is 21.3 Å². The molecule has 2 aromatic rings. The summed E-state index contributed by atoms with van der Waals surface area (Å²) in [5.41, 5.74) is 2.44. The van der Waals surface area contributed by atoms with Crippen molar-refractivity contribution in [3.05, 3.63) is 53.6 Å². The molecule has 0 bridgehead atoms. The van der Waals surface area contributed by atoms with Crippen LogP contribution < -0.4 is 19.5 Å². The maximum absolute atomic E-state index is 5.45. The van der Waals surface area contributed by atoms with Crippen molar-refractivity contribution < 1.29 is 14.2 Å². The number of guanidine groups is 1. The number of nitrogens with one attached hydrogen (secondary N) is 1. The fourth-order valence-electron chi connectivity index (χ4n) is 3.89. The van der Waals surface area contributed by atoms with Gasteiger partial charge in [-0.15, -0.1) is 24.0 Å². The zero-order valence-corrected chi connectivity index (χ0v) is 20.5. The van der Waals surface area contributed by atoms with Gasteiger partial charge in [-0.1, -0.05) is 30.3 Å². The number of methoxy groups -OCH3 is 3. The average molecular weight is 525 g/mol. The lowest BCUT2D eigenvalue weighted by molar-refractivity contribution is 0.323. The minimum atomic E-state index is 0. The van der Waals surface area contributed by atoms with E-state index in [9.17, 15) is 0 Å². The van der Waals surface area contributed by atoms with Gasteiger partial charge in [-0.05, 0) is 42.0 Å². The van der Waals surface area contributed by atoms with Gasteiger partial charge in [0.2, 0.25) is 5.75 Å². The zero-order valence-electron chi connectivity index (χ0n) is 18.2. The molecule has 0 radical (unpaired) electrons. The van der Waals surface area contributed by atoms with Gasteiger partial charge >= 0.3 is 0 Å². The van der Waals surface area contributed by atoms with E-state index in [1.165, 1.54) is 12.0 Å². The maximum Gasteiger partial charge on any atom is 0.203 e. The first-order valence-corrected chi connectivity index (χ1v) is 9.96. The first-order chi connectivity index (χ1) is 14.2. The van der Waals surface area contributed by atoms with E-state index in [2.05, 4.69) is 45.5 Å². The normalized spacial score (nSPS) is 16.1. The maximum atomic E-state index is 5.45. The fraction of sp³-hybridized carbons (Fsp3) is 0.435. The molecule has 0 aromatic heterocycles. The van der Waals surface area contributed by atoms with Crippen molar-refractivity contribution in [2.75, 3.05) is 41.5 Å². The van der Waals surface area contributed by atoms with E-state index < -0.39 is 0 Å². The van der Waals surface area contributed by atoms with Crippen molar-refractivity contribution in [3.63, 3.8) is 0 Å². The van der Waals surface area contributed by atoms with E-state index in [0.29, 0.717) is 29.7 Å². The number of hydrogen-bond acceptors (Lipinski definition) is 4. The van der Waals surface area contributed by atoms with Gasteiger partial charge in [0.05, 0.1) is 21.3 Å². The van der Waals surface area contributed by atoms with Crippen LogP contribution in [0.4, 0.5) is 0 Å². The fourth-order valence-corrected chi connectivity index (χ4v) is 3.89. The van der Waals surface area contributed by atoms with Gasteiger partial charge in [-0.25, -0.2) is 0 Å². The third-order valence-corrected chi connectivity index (χ3v) is 5.34. The van der Waals surface area contributed by atoms with Crippen molar-refractivity contribution in [1.82, 2.24) is 10.2 Å². The molecular weight excluding hydrogens is 493 g/mol. The second kappa shape index (κ2) is 11.9. The Kier molecular flexibility index (Phi) is 9.55. The van der Waals surface area contributed by atoms with Crippen LogP contribution in [0.1, 0.15) is 17.5 Å². The third kappa shape index (κ3) is 5.93. The average Bonchev–Trinajstić information content (AvgIpc) is 3.22. The molecule has 1 saturated heterocycles. The summed E-state index contributed by atoms with van der Waals surface area (Å²) in [6.45, 7) is 2.67. The third-order valence-electron chi connectivity index (χ3n) is 5.34. The Labute approximate surface area is 196 Å². The zero-order chi connectivity index (χ0) is 20.6. The molecule has 0 saturated carbocycles. The van der Waals surface area contributed by atoms with Crippen LogP contribution in [-0.4, -0.2) is 52.3 Å². The van der Waals surface area contributed by atoms with Crippen molar-refractivity contribution >= 4 is 29.9 Å². The van der Waals surface area contributed by atoms with Crippen LogP contribution >= 0.6 is 24.0 Å². The SMILES string of the molecule is CN=C(NCc1cc(OC)c(OC)c(OC)c1)N1CCC(Cc2ccccc2)C1.I. The lowest BCUT2D eigenvalue weighted by atomic mass is 9.99. The Morgan fingerprint density at radius 1 is 1.03 bits per heavy atom. The van der Waals surface area contributed by atoms with Crippen LogP contribution in [0.5, 0.6) is 17.2 Å². The minimum Gasteiger partial charge on any atom is -0.493 e. The number of aliphatic imine (C=N–C) groups is 1. The van der Waals surface area contributed by atoms with E-state index in [0.717, 1.165) is 31.0 Å². The van der Waals surface area contributed by atoms with Gasteiger partial charge < -0.3 is 24.4 Å². The molecule has 1 atom stereocenters.